The Bertz CT molecular complexity index is 720. The lowest BCUT2D eigenvalue weighted by molar-refractivity contribution is -0.235. The van der Waals surface area contributed by atoms with Gasteiger partial charge in [-0.25, -0.2) is 0 Å². The van der Waals surface area contributed by atoms with Gasteiger partial charge in [-0.1, -0.05) is 20.8 Å². The first-order valence-corrected chi connectivity index (χ1v) is 11.4. The second-order valence-corrected chi connectivity index (χ2v) is 9.44. The van der Waals surface area contributed by atoms with Crippen LogP contribution in [0, 0.1) is 11.8 Å². The van der Waals surface area contributed by atoms with Crippen molar-refractivity contribution in [2.24, 2.45) is 11.8 Å². The van der Waals surface area contributed by atoms with E-state index in [0.717, 1.165) is 36.6 Å². The van der Waals surface area contributed by atoms with Crippen LogP contribution in [0.15, 0.2) is 18.3 Å². The average molecular weight is 435 g/mol. The number of rotatable bonds is 11. The molecule has 0 spiro atoms. The quantitative estimate of drug-likeness (QED) is 0.390. The van der Waals surface area contributed by atoms with E-state index < -0.39 is 5.60 Å². The van der Waals surface area contributed by atoms with Crippen molar-refractivity contribution in [2.45, 2.75) is 77.0 Å². The van der Waals surface area contributed by atoms with Crippen LogP contribution in [0.3, 0.4) is 0 Å². The first-order chi connectivity index (χ1) is 14.9. The third-order valence-electron chi connectivity index (χ3n) is 6.43. The summed E-state index contributed by atoms with van der Waals surface area (Å²) in [5.74, 6) is 1.92. The van der Waals surface area contributed by atoms with E-state index in [1.165, 1.54) is 12.8 Å². The highest BCUT2D eigenvalue weighted by molar-refractivity contribution is 5.93. The molecule has 31 heavy (non-hydrogen) atoms. The minimum Gasteiger partial charge on any atom is -0.490 e. The van der Waals surface area contributed by atoms with Crippen molar-refractivity contribution in [1.29, 1.82) is 0 Å². The van der Waals surface area contributed by atoms with E-state index in [0.29, 0.717) is 12.3 Å². The van der Waals surface area contributed by atoms with Crippen LogP contribution in [0.4, 0.5) is 0 Å². The number of carbonyl (C=O) groups is 1. The summed E-state index contributed by atoms with van der Waals surface area (Å²) in [6.07, 6.45) is 7.78. The van der Waals surface area contributed by atoms with E-state index in [1.807, 2.05) is 12.1 Å². The number of aromatic nitrogens is 1. The summed E-state index contributed by atoms with van der Waals surface area (Å²) in [5.41, 5.74) is -0.206. The molecule has 0 unspecified atom stereocenters. The van der Waals surface area contributed by atoms with Gasteiger partial charge >= 0.3 is 0 Å². The van der Waals surface area contributed by atoms with Crippen LogP contribution in [-0.2, 0) is 25.4 Å². The molecule has 7 heteroatoms. The molecule has 7 nitrogen and oxygen atoms in total. The minimum atomic E-state index is -0.995. The van der Waals surface area contributed by atoms with E-state index in [9.17, 15) is 4.79 Å². The Morgan fingerprint density at radius 2 is 1.94 bits per heavy atom. The number of pyridine rings is 1. The average Bonchev–Trinajstić information content (AvgIpc) is 2.75. The van der Waals surface area contributed by atoms with Crippen molar-refractivity contribution >= 4 is 5.91 Å². The van der Waals surface area contributed by atoms with Gasteiger partial charge in [0.1, 0.15) is 19.3 Å². The van der Waals surface area contributed by atoms with Crippen LogP contribution in [0.2, 0.25) is 0 Å². The lowest BCUT2D eigenvalue weighted by atomic mass is 9.75. The molecule has 1 aliphatic carbocycles. The van der Waals surface area contributed by atoms with Crippen molar-refractivity contribution in [3.63, 3.8) is 0 Å². The molecule has 3 rings (SSSR count). The minimum absolute atomic E-state index is 0.0532. The zero-order valence-corrected chi connectivity index (χ0v) is 19.6. The highest BCUT2D eigenvalue weighted by atomic mass is 16.7. The van der Waals surface area contributed by atoms with Crippen molar-refractivity contribution < 1.29 is 23.7 Å². The van der Waals surface area contributed by atoms with Gasteiger partial charge in [0.2, 0.25) is 0 Å². The van der Waals surface area contributed by atoms with E-state index >= 15 is 0 Å². The van der Waals surface area contributed by atoms with Gasteiger partial charge in [-0.15, -0.1) is 0 Å². The molecule has 1 aromatic rings. The molecule has 2 aliphatic rings. The number of nitrogens with zero attached hydrogens (tertiary/aromatic N) is 2. The molecule has 1 aromatic heterocycles. The number of β-lactam (4-membered cyclic amide) rings is 1. The van der Waals surface area contributed by atoms with Crippen molar-refractivity contribution in [3.8, 4) is 5.75 Å². The number of likely N-dealkylation sites (tertiary alicyclic amines) is 1. The summed E-state index contributed by atoms with van der Waals surface area (Å²) in [5, 5.41) is 0. The van der Waals surface area contributed by atoms with Crippen LogP contribution in [0.1, 0.15) is 58.6 Å². The number of hydrogen-bond donors (Lipinski definition) is 0. The first kappa shape index (κ1) is 24.0. The standard InChI is InChI=1S/C24H38N2O5/c1-17(2)12-22-24(30-16-29-5,23(27)26(22)15-28-4)14-19-13-21(10-11-25-19)31-20-8-6-18(3)7-9-20/h10-11,13,17-18,20,22H,6-9,12,14-16H2,1-5H3/t18?,20?,22-,24+/m0/s1. The van der Waals surface area contributed by atoms with Crippen LogP contribution in [-0.4, -0.2) is 61.3 Å². The predicted molar refractivity (Wildman–Crippen MR) is 118 cm³/mol. The topological polar surface area (TPSA) is 70.1 Å². The lowest BCUT2D eigenvalue weighted by Gasteiger charge is -2.55. The Hall–Kier alpha value is -1.70. The second kappa shape index (κ2) is 10.7. The Morgan fingerprint density at radius 3 is 2.58 bits per heavy atom. The summed E-state index contributed by atoms with van der Waals surface area (Å²) >= 11 is 0. The van der Waals surface area contributed by atoms with Crippen LogP contribution >= 0.6 is 0 Å². The Kier molecular flexibility index (Phi) is 8.30. The number of ether oxygens (including phenoxy) is 4. The van der Waals surface area contributed by atoms with Crippen molar-refractivity contribution in [2.75, 3.05) is 27.7 Å². The largest absolute Gasteiger partial charge is 0.490 e. The number of amides is 1. The second-order valence-electron chi connectivity index (χ2n) is 9.44. The van der Waals surface area contributed by atoms with Crippen molar-refractivity contribution in [3.05, 3.63) is 24.0 Å². The number of hydrogen-bond acceptors (Lipinski definition) is 6. The van der Waals surface area contributed by atoms with Gasteiger partial charge in [-0.2, -0.15) is 0 Å². The SMILES string of the molecule is COCO[C@@]1(Cc2cc(OC3CCC(C)CC3)ccn2)C(=O)N(COC)[C@H]1CC(C)C. The molecule has 0 radical (unpaired) electrons. The summed E-state index contributed by atoms with van der Waals surface area (Å²) in [6, 6.07) is 3.76. The molecule has 2 atom stereocenters. The molecule has 2 heterocycles. The highest BCUT2D eigenvalue weighted by Gasteiger charge is 2.62. The molecule has 1 saturated heterocycles. The molecule has 2 fully saturated rings. The smallest absolute Gasteiger partial charge is 0.259 e. The summed E-state index contributed by atoms with van der Waals surface area (Å²) in [4.78, 5) is 19.5. The Balaban J connectivity index is 1.78. The van der Waals surface area contributed by atoms with Gasteiger partial charge < -0.3 is 23.8 Å². The fourth-order valence-corrected chi connectivity index (χ4v) is 4.77. The van der Waals surface area contributed by atoms with E-state index in [-0.39, 0.29) is 31.6 Å². The van der Waals surface area contributed by atoms with Gasteiger partial charge in [-0.3, -0.25) is 9.78 Å². The fraction of sp³-hybridized carbons (Fsp3) is 0.750. The maximum atomic E-state index is 13.2. The number of methoxy groups -OCH3 is 2. The zero-order valence-electron chi connectivity index (χ0n) is 19.6. The molecular weight excluding hydrogens is 396 g/mol. The van der Waals surface area contributed by atoms with Gasteiger partial charge in [0.05, 0.1) is 12.1 Å². The molecule has 1 aliphatic heterocycles. The summed E-state index contributed by atoms with van der Waals surface area (Å²) in [6.45, 7) is 6.90. The van der Waals surface area contributed by atoms with E-state index in [4.69, 9.17) is 18.9 Å². The molecular formula is C24H38N2O5. The van der Waals surface area contributed by atoms with E-state index in [1.54, 1.807) is 25.3 Å². The van der Waals surface area contributed by atoms with Crippen molar-refractivity contribution in [1.82, 2.24) is 9.88 Å². The molecule has 0 bridgehead atoms. The molecule has 174 valence electrons. The first-order valence-electron chi connectivity index (χ1n) is 11.4. The van der Waals surface area contributed by atoms with Gasteiger partial charge in [0, 0.05) is 38.6 Å². The predicted octanol–water partition coefficient (Wildman–Crippen LogP) is 3.80. The van der Waals surface area contributed by atoms with Gasteiger partial charge in [-0.05, 0) is 50.0 Å². The Morgan fingerprint density at radius 1 is 1.19 bits per heavy atom. The Labute approximate surface area is 186 Å². The monoisotopic (exact) mass is 434 g/mol. The third kappa shape index (κ3) is 5.57. The molecule has 0 N–H and O–H groups in total. The van der Waals surface area contributed by atoms with Crippen LogP contribution < -0.4 is 4.74 Å². The number of carbonyl (C=O) groups excluding carboxylic acids is 1. The van der Waals surface area contributed by atoms with Gasteiger partial charge in [0.15, 0.2) is 5.60 Å². The maximum absolute atomic E-state index is 13.2. The van der Waals surface area contributed by atoms with Crippen LogP contribution in [0.25, 0.3) is 0 Å². The summed E-state index contributed by atoms with van der Waals surface area (Å²) < 4.78 is 22.8. The third-order valence-corrected chi connectivity index (χ3v) is 6.43. The summed E-state index contributed by atoms with van der Waals surface area (Å²) in [7, 11) is 3.17. The molecule has 1 amide bonds. The zero-order chi connectivity index (χ0) is 22.4. The lowest BCUT2D eigenvalue weighted by Crippen LogP contribution is -2.76. The van der Waals surface area contributed by atoms with Gasteiger partial charge in [0.25, 0.3) is 5.91 Å². The molecule has 1 saturated carbocycles. The normalized spacial score (nSPS) is 28.6. The highest BCUT2D eigenvalue weighted by Crippen LogP contribution is 2.41. The maximum Gasteiger partial charge on any atom is 0.259 e. The van der Waals surface area contributed by atoms with E-state index in [2.05, 4.69) is 25.8 Å². The molecule has 0 aromatic carbocycles. The van der Waals surface area contributed by atoms with Crippen LogP contribution in [0.5, 0.6) is 5.75 Å². The fourth-order valence-electron chi connectivity index (χ4n) is 4.77.